The fraction of sp³-hybridized carbons (Fsp3) is 0.360. The third-order valence-corrected chi connectivity index (χ3v) is 8.07. The van der Waals surface area contributed by atoms with Gasteiger partial charge in [-0.25, -0.2) is 0 Å². The Bertz CT molecular complexity index is 1220. The Morgan fingerprint density at radius 1 is 0.879 bits per heavy atom. The van der Waals surface area contributed by atoms with Crippen molar-refractivity contribution < 1.29 is 23.9 Å². The molecule has 8 heteroatoms. The predicted octanol–water partition coefficient (Wildman–Crippen LogP) is 4.43. The normalized spacial score (nSPS) is 28.3. The van der Waals surface area contributed by atoms with Gasteiger partial charge in [-0.2, -0.15) is 0 Å². The highest BCUT2D eigenvalue weighted by atomic mass is 35.5. The van der Waals surface area contributed by atoms with Gasteiger partial charge < -0.3 is 4.74 Å². The monoisotopic (exact) mass is 483 g/mol. The van der Waals surface area contributed by atoms with Crippen LogP contribution >= 0.6 is 23.2 Å². The molecule has 6 rings (SSSR count). The second-order valence-electron chi connectivity index (χ2n) is 9.13. The van der Waals surface area contributed by atoms with E-state index in [0.29, 0.717) is 10.6 Å². The lowest BCUT2D eigenvalue weighted by Crippen LogP contribution is -2.51. The molecule has 4 aliphatic rings. The summed E-state index contributed by atoms with van der Waals surface area (Å²) in [5.41, 5.74) is -1.21. The number of carbonyl (C=O) groups excluding carboxylic acids is 4. The van der Waals surface area contributed by atoms with Crippen LogP contribution in [-0.2, 0) is 14.3 Å². The number of halogens is 2. The Morgan fingerprint density at radius 2 is 1.52 bits per heavy atom. The molecule has 2 heterocycles. The van der Waals surface area contributed by atoms with Crippen molar-refractivity contribution in [2.24, 2.45) is 11.8 Å². The van der Waals surface area contributed by atoms with Crippen LogP contribution in [0.2, 0.25) is 10.0 Å². The molecule has 0 unspecified atom stereocenters. The lowest BCUT2D eigenvalue weighted by molar-refractivity contribution is -0.147. The molecule has 3 fully saturated rings. The summed E-state index contributed by atoms with van der Waals surface area (Å²) in [6, 6.07) is 11.0. The molecule has 2 aliphatic carbocycles. The zero-order valence-electron chi connectivity index (χ0n) is 17.4. The third kappa shape index (κ3) is 2.66. The van der Waals surface area contributed by atoms with Gasteiger partial charge in [0.1, 0.15) is 0 Å². The number of ether oxygens (including phenoxy) is 1. The van der Waals surface area contributed by atoms with Gasteiger partial charge >= 0.3 is 0 Å². The van der Waals surface area contributed by atoms with Crippen molar-refractivity contribution in [2.75, 3.05) is 0 Å². The van der Waals surface area contributed by atoms with Crippen LogP contribution in [0.5, 0.6) is 0 Å². The van der Waals surface area contributed by atoms with E-state index < -0.39 is 46.9 Å². The summed E-state index contributed by atoms with van der Waals surface area (Å²) in [4.78, 5) is 56.2. The lowest BCUT2D eigenvalue weighted by atomic mass is 9.77. The molecule has 3 atom stereocenters. The van der Waals surface area contributed by atoms with Gasteiger partial charge in [-0.05, 0) is 25.0 Å². The van der Waals surface area contributed by atoms with Crippen molar-refractivity contribution in [2.45, 2.75) is 43.4 Å². The van der Waals surface area contributed by atoms with Crippen LogP contribution in [0.1, 0.15) is 58.1 Å². The maximum absolute atomic E-state index is 13.8. The summed E-state index contributed by atoms with van der Waals surface area (Å²) < 4.78 is 6.25. The van der Waals surface area contributed by atoms with E-state index in [1.54, 1.807) is 36.4 Å². The third-order valence-electron chi connectivity index (χ3n) is 7.51. The van der Waals surface area contributed by atoms with E-state index in [0.717, 1.165) is 25.7 Å². The summed E-state index contributed by atoms with van der Waals surface area (Å²) in [6.45, 7) is 0. The highest BCUT2D eigenvalue weighted by molar-refractivity contribution is 6.36. The maximum Gasteiger partial charge on any atom is 0.237 e. The number of rotatable bonds is 2. The highest BCUT2D eigenvalue weighted by Gasteiger charge is 2.75. The number of hydrogen-bond donors (Lipinski definition) is 0. The first-order valence-electron chi connectivity index (χ1n) is 11.0. The number of benzene rings is 2. The van der Waals surface area contributed by atoms with E-state index in [2.05, 4.69) is 0 Å². The molecule has 0 N–H and O–H groups in total. The lowest BCUT2D eigenvalue weighted by Gasteiger charge is -2.29. The maximum atomic E-state index is 13.8. The molecule has 0 radical (unpaired) electrons. The number of nitrogens with zero attached hydrogens (tertiary/aromatic N) is 1. The molecule has 0 aromatic heterocycles. The van der Waals surface area contributed by atoms with Gasteiger partial charge in [-0.15, -0.1) is 0 Å². The quantitative estimate of drug-likeness (QED) is 0.466. The van der Waals surface area contributed by atoms with E-state index >= 15 is 0 Å². The Morgan fingerprint density at radius 3 is 2.12 bits per heavy atom. The predicted molar refractivity (Wildman–Crippen MR) is 119 cm³/mol. The van der Waals surface area contributed by atoms with Crippen LogP contribution in [0, 0.1) is 11.8 Å². The van der Waals surface area contributed by atoms with Crippen molar-refractivity contribution in [1.82, 2.24) is 4.90 Å². The molecular formula is C25H19Cl2NO5. The molecule has 1 spiro atoms. The minimum atomic E-state index is -2.07. The summed E-state index contributed by atoms with van der Waals surface area (Å²) in [5, 5.41) is 0.646. The Balaban J connectivity index is 1.54. The summed E-state index contributed by atoms with van der Waals surface area (Å²) >= 11 is 12.5. The van der Waals surface area contributed by atoms with Crippen LogP contribution in [0.4, 0.5) is 0 Å². The van der Waals surface area contributed by atoms with Gasteiger partial charge in [0.2, 0.25) is 29.0 Å². The standard InChI is InChI=1S/C25H19Cl2NO5/c26-12-9-10-16(17(27)11-12)20-18-19(24(32)28(23(18)31)13-5-1-2-6-13)25(33-20)21(29)14-7-3-4-8-15(14)22(25)30/h3-4,7-11,13,18-20H,1-2,5-6H2/t18-,19-,20+/m0/s1. The molecule has 1 saturated carbocycles. The summed E-state index contributed by atoms with van der Waals surface area (Å²) in [7, 11) is 0. The zero-order valence-corrected chi connectivity index (χ0v) is 18.9. The minimum Gasteiger partial charge on any atom is -0.349 e. The van der Waals surface area contributed by atoms with E-state index in [-0.39, 0.29) is 22.2 Å². The first-order valence-corrected chi connectivity index (χ1v) is 11.8. The average molecular weight is 484 g/mol. The molecule has 33 heavy (non-hydrogen) atoms. The number of fused-ring (bicyclic) bond motifs is 3. The molecule has 0 bridgehead atoms. The molecule has 2 saturated heterocycles. The van der Waals surface area contributed by atoms with Crippen molar-refractivity contribution in [3.05, 3.63) is 69.2 Å². The number of imide groups is 1. The van der Waals surface area contributed by atoms with Gasteiger partial charge in [0, 0.05) is 32.8 Å². The van der Waals surface area contributed by atoms with Crippen molar-refractivity contribution in [3.8, 4) is 0 Å². The van der Waals surface area contributed by atoms with Crippen molar-refractivity contribution in [1.29, 1.82) is 0 Å². The van der Waals surface area contributed by atoms with Crippen LogP contribution in [0.3, 0.4) is 0 Å². The van der Waals surface area contributed by atoms with E-state index in [9.17, 15) is 19.2 Å². The molecule has 2 amide bonds. The van der Waals surface area contributed by atoms with Gasteiger partial charge in [0.15, 0.2) is 0 Å². The second-order valence-corrected chi connectivity index (χ2v) is 9.98. The van der Waals surface area contributed by atoms with Gasteiger partial charge in [0.25, 0.3) is 0 Å². The fourth-order valence-corrected chi connectivity index (χ4v) is 6.59. The smallest absolute Gasteiger partial charge is 0.237 e. The van der Waals surface area contributed by atoms with Crippen LogP contribution < -0.4 is 0 Å². The number of ketones is 2. The van der Waals surface area contributed by atoms with Gasteiger partial charge in [-0.3, -0.25) is 24.1 Å². The van der Waals surface area contributed by atoms with E-state index in [1.807, 2.05) is 0 Å². The molecule has 2 aromatic rings. The Labute approximate surface area is 199 Å². The topological polar surface area (TPSA) is 80.8 Å². The highest BCUT2D eigenvalue weighted by Crippen LogP contribution is 2.58. The number of amides is 2. The minimum absolute atomic E-state index is 0.212. The molecule has 168 valence electrons. The average Bonchev–Trinajstić information content (AvgIpc) is 3.53. The van der Waals surface area contributed by atoms with Crippen LogP contribution in [0.15, 0.2) is 42.5 Å². The SMILES string of the molecule is O=C1[C@@H]2[C@@H](c3ccc(Cl)cc3Cl)OC3(C(=O)c4ccccc4C3=O)[C@@H]2C(=O)N1C1CCCC1. The second kappa shape index (κ2) is 7.23. The van der Waals surface area contributed by atoms with Crippen LogP contribution in [-0.4, -0.2) is 39.9 Å². The van der Waals surface area contributed by atoms with Crippen molar-refractivity contribution >= 4 is 46.6 Å². The van der Waals surface area contributed by atoms with Gasteiger partial charge in [-0.1, -0.05) is 66.4 Å². The largest absolute Gasteiger partial charge is 0.349 e. The molecular weight excluding hydrogens is 465 g/mol. The summed E-state index contributed by atoms with van der Waals surface area (Å²) in [6.07, 6.45) is 2.27. The molecule has 6 nitrogen and oxygen atoms in total. The number of likely N-dealkylation sites (tertiary alicyclic amines) is 1. The van der Waals surface area contributed by atoms with Gasteiger partial charge in [0.05, 0.1) is 17.9 Å². The zero-order chi connectivity index (χ0) is 23.1. The van der Waals surface area contributed by atoms with E-state index in [4.69, 9.17) is 27.9 Å². The summed E-state index contributed by atoms with van der Waals surface area (Å²) in [5.74, 6) is -4.28. The first kappa shape index (κ1) is 21.0. The molecule has 2 aliphatic heterocycles. The van der Waals surface area contributed by atoms with Crippen molar-refractivity contribution in [3.63, 3.8) is 0 Å². The first-order chi connectivity index (χ1) is 15.9. The molecule has 2 aromatic carbocycles. The number of Topliss-reactive ketones (excluding diaryl/α,β-unsaturated/α-hetero) is 2. The Hall–Kier alpha value is -2.54. The van der Waals surface area contributed by atoms with E-state index in [1.165, 1.54) is 11.0 Å². The fourth-order valence-electron chi connectivity index (χ4n) is 6.08. The van der Waals surface area contributed by atoms with Crippen LogP contribution in [0.25, 0.3) is 0 Å². The Kier molecular flexibility index (Phi) is 4.60. The number of carbonyl (C=O) groups is 4. The number of hydrogen-bond acceptors (Lipinski definition) is 5.